The van der Waals surface area contributed by atoms with E-state index in [2.05, 4.69) is 15.5 Å². The number of hydrogen-bond acceptors (Lipinski definition) is 4. The smallest absolute Gasteiger partial charge is 0.303 e. The van der Waals surface area contributed by atoms with Gasteiger partial charge in [0.05, 0.1) is 23.9 Å². The number of aliphatic carboxylic acids is 1. The van der Waals surface area contributed by atoms with E-state index in [9.17, 15) is 9.59 Å². The van der Waals surface area contributed by atoms with E-state index in [1.807, 2.05) is 43.3 Å². The summed E-state index contributed by atoms with van der Waals surface area (Å²) in [5.41, 5.74) is 3.23. The molecule has 0 unspecified atom stereocenters. The van der Waals surface area contributed by atoms with Crippen LogP contribution in [0.1, 0.15) is 34.3 Å². The van der Waals surface area contributed by atoms with Crippen molar-refractivity contribution in [3.63, 3.8) is 0 Å². The van der Waals surface area contributed by atoms with Crippen molar-refractivity contribution in [2.24, 2.45) is 0 Å². The minimum Gasteiger partial charge on any atom is -0.494 e. The van der Waals surface area contributed by atoms with Gasteiger partial charge in [0, 0.05) is 18.4 Å². The molecule has 0 saturated heterocycles. The summed E-state index contributed by atoms with van der Waals surface area (Å²) in [4.78, 5) is 23.0. The van der Waals surface area contributed by atoms with Gasteiger partial charge in [-0.15, -0.1) is 0 Å². The Morgan fingerprint density at radius 3 is 2.74 bits per heavy atom. The van der Waals surface area contributed by atoms with Gasteiger partial charge in [-0.05, 0) is 48.7 Å². The Balaban J connectivity index is 1.55. The second-order valence-corrected chi connectivity index (χ2v) is 6.32. The molecule has 1 aromatic heterocycles. The van der Waals surface area contributed by atoms with Crippen LogP contribution in [0.3, 0.4) is 0 Å². The molecule has 0 aliphatic heterocycles. The van der Waals surface area contributed by atoms with Crippen molar-refractivity contribution < 1.29 is 19.4 Å². The summed E-state index contributed by atoms with van der Waals surface area (Å²) in [5.74, 6) is -0.319. The summed E-state index contributed by atoms with van der Waals surface area (Å²) in [6.45, 7) is 2.69. The highest BCUT2D eigenvalue weighted by Gasteiger charge is 2.12. The SMILES string of the molecule is Cc1cc(C(=O)NCc2ccc(OCCCC(=O)O)cc2)c2[nH]ncc2c1. The van der Waals surface area contributed by atoms with Gasteiger partial charge >= 0.3 is 5.97 Å². The van der Waals surface area contributed by atoms with Crippen molar-refractivity contribution in [1.29, 1.82) is 0 Å². The van der Waals surface area contributed by atoms with Crippen LogP contribution in [0, 0.1) is 6.92 Å². The number of aromatic amines is 1. The molecule has 7 heteroatoms. The Morgan fingerprint density at radius 1 is 1.22 bits per heavy atom. The Hall–Kier alpha value is -3.35. The molecular formula is C20H21N3O4. The standard InChI is InChI=1S/C20H21N3O4/c1-13-9-15-12-22-23-19(15)17(10-13)20(26)21-11-14-4-6-16(7-5-14)27-8-2-3-18(24)25/h4-7,9-10,12H,2-3,8,11H2,1H3,(H,21,26)(H,22,23)(H,24,25). The lowest BCUT2D eigenvalue weighted by atomic mass is 10.1. The summed E-state index contributed by atoms with van der Waals surface area (Å²) >= 11 is 0. The van der Waals surface area contributed by atoms with Crippen LogP contribution < -0.4 is 10.1 Å². The zero-order valence-corrected chi connectivity index (χ0v) is 15.0. The van der Waals surface area contributed by atoms with E-state index >= 15 is 0 Å². The van der Waals surface area contributed by atoms with E-state index in [-0.39, 0.29) is 12.3 Å². The van der Waals surface area contributed by atoms with E-state index < -0.39 is 5.97 Å². The van der Waals surface area contributed by atoms with Crippen LogP contribution in [0.2, 0.25) is 0 Å². The van der Waals surface area contributed by atoms with Crippen molar-refractivity contribution in [3.8, 4) is 5.75 Å². The highest BCUT2D eigenvalue weighted by atomic mass is 16.5. The monoisotopic (exact) mass is 367 g/mol. The summed E-state index contributed by atoms with van der Waals surface area (Å²) in [7, 11) is 0. The number of carboxylic acid groups (broad SMARTS) is 1. The number of carbonyl (C=O) groups is 2. The van der Waals surface area contributed by atoms with Gasteiger partial charge in [-0.25, -0.2) is 0 Å². The first-order valence-corrected chi connectivity index (χ1v) is 8.68. The molecule has 0 aliphatic rings. The molecule has 3 aromatic rings. The molecule has 0 spiro atoms. The molecule has 1 amide bonds. The van der Waals surface area contributed by atoms with Crippen LogP contribution in [0.4, 0.5) is 0 Å². The van der Waals surface area contributed by atoms with Gasteiger partial charge in [0.25, 0.3) is 5.91 Å². The number of rotatable bonds is 8. The maximum absolute atomic E-state index is 12.5. The summed E-state index contributed by atoms with van der Waals surface area (Å²) in [5, 5.41) is 19.3. The van der Waals surface area contributed by atoms with Crippen LogP contribution >= 0.6 is 0 Å². The Morgan fingerprint density at radius 2 is 2.00 bits per heavy atom. The predicted molar refractivity (Wildman–Crippen MR) is 101 cm³/mol. The number of hydrogen-bond donors (Lipinski definition) is 3. The minimum atomic E-state index is -0.828. The molecule has 2 aromatic carbocycles. The van der Waals surface area contributed by atoms with Gasteiger partial charge in [-0.1, -0.05) is 12.1 Å². The molecule has 0 bridgehead atoms. The molecule has 7 nitrogen and oxygen atoms in total. The van der Waals surface area contributed by atoms with Gasteiger partial charge in [0.1, 0.15) is 5.75 Å². The van der Waals surface area contributed by atoms with Gasteiger partial charge in [0.15, 0.2) is 0 Å². The second-order valence-electron chi connectivity index (χ2n) is 6.32. The molecule has 3 N–H and O–H groups in total. The lowest BCUT2D eigenvalue weighted by molar-refractivity contribution is -0.137. The lowest BCUT2D eigenvalue weighted by Gasteiger charge is -2.09. The van der Waals surface area contributed by atoms with Crippen LogP contribution in [-0.2, 0) is 11.3 Å². The maximum Gasteiger partial charge on any atom is 0.303 e. The molecule has 27 heavy (non-hydrogen) atoms. The number of benzene rings is 2. The molecule has 0 saturated carbocycles. The number of ether oxygens (including phenoxy) is 1. The number of nitrogens with zero attached hydrogens (tertiary/aromatic N) is 1. The predicted octanol–water partition coefficient (Wildman–Crippen LogP) is 3.04. The number of aryl methyl sites for hydroxylation is 1. The number of aromatic nitrogens is 2. The normalized spacial score (nSPS) is 10.7. The Labute approximate surface area is 156 Å². The fourth-order valence-electron chi connectivity index (χ4n) is 2.78. The van der Waals surface area contributed by atoms with E-state index in [0.717, 1.165) is 22.0 Å². The minimum absolute atomic E-state index is 0.0900. The molecule has 0 radical (unpaired) electrons. The first-order chi connectivity index (χ1) is 13.0. The van der Waals surface area contributed by atoms with Crippen molar-refractivity contribution >= 4 is 22.8 Å². The third-order valence-electron chi connectivity index (χ3n) is 4.12. The fraction of sp³-hybridized carbons (Fsp3) is 0.250. The average Bonchev–Trinajstić information content (AvgIpc) is 3.11. The largest absolute Gasteiger partial charge is 0.494 e. The molecule has 0 aliphatic carbocycles. The van der Waals surface area contributed by atoms with Crippen LogP contribution in [0.5, 0.6) is 5.75 Å². The molecule has 3 rings (SSSR count). The summed E-state index contributed by atoms with van der Waals surface area (Å²) in [6, 6.07) is 11.2. The summed E-state index contributed by atoms with van der Waals surface area (Å²) < 4.78 is 5.50. The van der Waals surface area contributed by atoms with Gasteiger partial charge in [0.2, 0.25) is 0 Å². The Kier molecular flexibility index (Phi) is 5.71. The maximum atomic E-state index is 12.5. The van der Waals surface area contributed by atoms with E-state index in [1.54, 1.807) is 6.20 Å². The second kappa shape index (κ2) is 8.35. The van der Waals surface area contributed by atoms with Crippen molar-refractivity contribution in [2.45, 2.75) is 26.3 Å². The third kappa shape index (κ3) is 4.84. The van der Waals surface area contributed by atoms with Gasteiger partial charge in [-0.3, -0.25) is 14.7 Å². The average molecular weight is 367 g/mol. The number of carbonyl (C=O) groups excluding carboxylic acids is 1. The van der Waals surface area contributed by atoms with E-state index in [1.165, 1.54) is 0 Å². The number of fused-ring (bicyclic) bond motifs is 1. The lowest BCUT2D eigenvalue weighted by Crippen LogP contribution is -2.23. The topological polar surface area (TPSA) is 104 Å². The Bertz CT molecular complexity index is 948. The first kappa shape index (κ1) is 18.4. The number of H-pyrrole nitrogens is 1. The number of carboxylic acids is 1. The fourth-order valence-corrected chi connectivity index (χ4v) is 2.78. The van der Waals surface area contributed by atoms with Gasteiger partial charge < -0.3 is 15.2 Å². The van der Waals surface area contributed by atoms with E-state index in [0.29, 0.717) is 30.9 Å². The quantitative estimate of drug-likeness (QED) is 0.531. The van der Waals surface area contributed by atoms with Crippen molar-refractivity contribution in [3.05, 3.63) is 59.3 Å². The molecule has 0 atom stereocenters. The zero-order chi connectivity index (χ0) is 19.2. The van der Waals surface area contributed by atoms with Crippen LogP contribution in [0.15, 0.2) is 42.6 Å². The van der Waals surface area contributed by atoms with Crippen molar-refractivity contribution in [2.75, 3.05) is 6.61 Å². The molecular weight excluding hydrogens is 346 g/mol. The first-order valence-electron chi connectivity index (χ1n) is 8.68. The molecule has 1 heterocycles. The highest BCUT2D eigenvalue weighted by Crippen LogP contribution is 2.19. The summed E-state index contributed by atoms with van der Waals surface area (Å²) in [6.07, 6.45) is 2.26. The van der Waals surface area contributed by atoms with Crippen molar-refractivity contribution in [1.82, 2.24) is 15.5 Å². The van der Waals surface area contributed by atoms with Crippen LogP contribution in [0.25, 0.3) is 10.9 Å². The zero-order valence-electron chi connectivity index (χ0n) is 15.0. The van der Waals surface area contributed by atoms with Gasteiger partial charge in [-0.2, -0.15) is 5.10 Å². The molecule has 140 valence electrons. The highest BCUT2D eigenvalue weighted by molar-refractivity contribution is 6.05. The van der Waals surface area contributed by atoms with E-state index in [4.69, 9.17) is 9.84 Å². The number of nitrogens with one attached hydrogen (secondary N) is 2. The van der Waals surface area contributed by atoms with Crippen LogP contribution in [-0.4, -0.2) is 33.8 Å². The molecule has 0 fully saturated rings. The third-order valence-corrected chi connectivity index (χ3v) is 4.12. The number of amides is 1.